The first-order valence-corrected chi connectivity index (χ1v) is 9.72. The molecule has 140 valence electrons. The molecule has 0 unspecified atom stereocenters. The maximum absolute atomic E-state index is 12.9. The Morgan fingerprint density at radius 2 is 1.76 bits per heavy atom. The number of amides is 1. The number of rotatable bonds is 8. The molecule has 1 aliphatic carbocycles. The molecule has 1 aliphatic rings. The molecule has 0 aliphatic heterocycles. The van der Waals surface area contributed by atoms with Gasteiger partial charge in [0.2, 0.25) is 0 Å². The van der Waals surface area contributed by atoms with Gasteiger partial charge in [-0.1, -0.05) is 32.6 Å². The number of ether oxygens (including phenoxy) is 2. The van der Waals surface area contributed by atoms with Crippen LogP contribution in [0, 0.1) is 13.8 Å². The molecule has 4 nitrogen and oxygen atoms in total. The van der Waals surface area contributed by atoms with Crippen LogP contribution in [-0.2, 0) is 9.53 Å². The van der Waals surface area contributed by atoms with Gasteiger partial charge in [0.15, 0.2) is 0 Å². The van der Waals surface area contributed by atoms with E-state index in [0.717, 1.165) is 67.7 Å². The minimum atomic E-state index is -0.662. The molecule has 0 atom stereocenters. The highest BCUT2D eigenvalue weighted by atomic mass is 16.5. The average molecular weight is 347 g/mol. The lowest BCUT2D eigenvalue weighted by atomic mass is 9.83. The van der Waals surface area contributed by atoms with Crippen molar-refractivity contribution in [3.05, 3.63) is 23.3 Å². The van der Waals surface area contributed by atoms with Crippen molar-refractivity contribution in [1.29, 1.82) is 0 Å². The third-order valence-electron chi connectivity index (χ3n) is 4.96. The van der Waals surface area contributed by atoms with Crippen LogP contribution in [-0.4, -0.2) is 24.7 Å². The van der Waals surface area contributed by atoms with Gasteiger partial charge in [-0.25, -0.2) is 0 Å². The number of unbranched alkanes of at least 4 members (excludes halogenated alkanes) is 1. The lowest BCUT2D eigenvalue weighted by Crippen LogP contribution is -2.47. The van der Waals surface area contributed by atoms with E-state index in [2.05, 4.69) is 12.2 Å². The SMILES string of the molecule is CCCCOc1c(C)cc(NC(=O)C2(OCC)CCCCC2)cc1C. The fourth-order valence-corrected chi connectivity index (χ4v) is 3.65. The fraction of sp³-hybridized carbons (Fsp3) is 0.667. The van der Waals surface area contributed by atoms with E-state index in [-0.39, 0.29) is 5.91 Å². The normalized spacial score (nSPS) is 16.5. The summed E-state index contributed by atoms with van der Waals surface area (Å²) in [6, 6.07) is 3.99. The molecule has 1 fully saturated rings. The summed E-state index contributed by atoms with van der Waals surface area (Å²) in [6.45, 7) is 9.47. The van der Waals surface area contributed by atoms with E-state index in [9.17, 15) is 4.79 Å². The van der Waals surface area contributed by atoms with Gasteiger partial charge in [0.05, 0.1) is 6.61 Å². The lowest BCUT2D eigenvalue weighted by Gasteiger charge is -2.35. The number of hydrogen-bond acceptors (Lipinski definition) is 3. The number of benzene rings is 1. The molecule has 0 radical (unpaired) electrons. The highest BCUT2D eigenvalue weighted by Gasteiger charge is 2.40. The van der Waals surface area contributed by atoms with Crippen molar-refractivity contribution in [2.75, 3.05) is 18.5 Å². The molecule has 4 heteroatoms. The van der Waals surface area contributed by atoms with Gasteiger partial charge in [0, 0.05) is 12.3 Å². The summed E-state index contributed by atoms with van der Waals surface area (Å²) in [5, 5.41) is 3.09. The van der Waals surface area contributed by atoms with Crippen LogP contribution in [0.15, 0.2) is 12.1 Å². The first-order chi connectivity index (χ1) is 12.0. The van der Waals surface area contributed by atoms with E-state index >= 15 is 0 Å². The van der Waals surface area contributed by atoms with Gasteiger partial charge in [-0.2, -0.15) is 0 Å². The summed E-state index contributed by atoms with van der Waals surface area (Å²) in [5.74, 6) is 0.927. The van der Waals surface area contributed by atoms with E-state index in [1.165, 1.54) is 6.42 Å². The van der Waals surface area contributed by atoms with Gasteiger partial charge < -0.3 is 14.8 Å². The predicted octanol–water partition coefficient (Wildman–Crippen LogP) is 5.16. The number of nitrogens with one attached hydrogen (secondary N) is 1. The topological polar surface area (TPSA) is 47.6 Å². The van der Waals surface area contributed by atoms with Crippen LogP contribution in [0.1, 0.15) is 69.9 Å². The number of aryl methyl sites for hydroxylation is 2. The zero-order chi connectivity index (χ0) is 18.3. The molecule has 0 aromatic heterocycles. The van der Waals surface area contributed by atoms with Crippen molar-refractivity contribution in [2.24, 2.45) is 0 Å². The molecule has 0 spiro atoms. The van der Waals surface area contributed by atoms with Crippen molar-refractivity contribution in [1.82, 2.24) is 0 Å². The summed E-state index contributed by atoms with van der Waals surface area (Å²) in [6.07, 6.45) is 7.07. The standard InChI is InChI=1S/C21H33NO3/c1-5-7-13-24-19-16(3)14-18(15-17(19)4)22-20(23)21(25-6-2)11-9-8-10-12-21/h14-15H,5-13H2,1-4H3,(H,22,23). The van der Waals surface area contributed by atoms with Crippen LogP contribution < -0.4 is 10.1 Å². The second-order valence-electron chi connectivity index (χ2n) is 7.08. The first-order valence-electron chi connectivity index (χ1n) is 9.72. The van der Waals surface area contributed by atoms with Crippen molar-refractivity contribution in [3.63, 3.8) is 0 Å². The Hall–Kier alpha value is -1.55. The van der Waals surface area contributed by atoms with Gasteiger partial charge in [-0.3, -0.25) is 4.79 Å². The van der Waals surface area contributed by atoms with E-state index < -0.39 is 5.60 Å². The molecule has 2 rings (SSSR count). The van der Waals surface area contributed by atoms with Crippen LogP contribution >= 0.6 is 0 Å². The molecule has 1 N–H and O–H groups in total. The Morgan fingerprint density at radius 1 is 1.12 bits per heavy atom. The Labute approximate surface area is 152 Å². The molecule has 0 bridgehead atoms. The Balaban J connectivity index is 2.12. The Kier molecular flexibility index (Phi) is 7.30. The highest BCUT2D eigenvalue weighted by Crippen LogP contribution is 2.34. The number of carbonyl (C=O) groups excluding carboxylic acids is 1. The zero-order valence-corrected chi connectivity index (χ0v) is 16.2. The minimum Gasteiger partial charge on any atom is -0.493 e. The van der Waals surface area contributed by atoms with Crippen LogP contribution in [0.5, 0.6) is 5.75 Å². The molecular weight excluding hydrogens is 314 g/mol. The van der Waals surface area contributed by atoms with Crippen LogP contribution in [0.4, 0.5) is 5.69 Å². The molecule has 1 saturated carbocycles. The number of hydrogen-bond donors (Lipinski definition) is 1. The Bertz CT molecular complexity index is 548. The van der Waals surface area contributed by atoms with Crippen molar-refractivity contribution in [2.45, 2.75) is 78.2 Å². The van der Waals surface area contributed by atoms with Crippen LogP contribution in [0.3, 0.4) is 0 Å². The van der Waals surface area contributed by atoms with Crippen LogP contribution in [0.25, 0.3) is 0 Å². The maximum Gasteiger partial charge on any atom is 0.256 e. The summed E-state index contributed by atoms with van der Waals surface area (Å²) >= 11 is 0. The van der Waals surface area contributed by atoms with Crippen molar-refractivity contribution in [3.8, 4) is 5.75 Å². The van der Waals surface area contributed by atoms with E-state index in [0.29, 0.717) is 6.61 Å². The third-order valence-corrected chi connectivity index (χ3v) is 4.96. The summed E-state index contributed by atoms with van der Waals surface area (Å²) < 4.78 is 11.8. The molecule has 1 amide bonds. The largest absolute Gasteiger partial charge is 0.493 e. The molecule has 25 heavy (non-hydrogen) atoms. The van der Waals surface area contributed by atoms with Gasteiger partial charge in [0.1, 0.15) is 11.4 Å². The van der Waals surface area contributed by atoms with E-state index in [4.69, 9.17) is 9.47 Å². The predicted molar refractivity (Wildman–Crippen MR) is 102 cm³/mol. The second kappa shape index (κ2) is 9.23. The number of carbonyl (C=O) groups is 1. The first kappa shape index (κ1) is 19.8. The van der Waals surface area contributed by atoms with E-state index in [1.54, 1.807) is 0 Å². The lowest BCUT2D eigenvalue weighted by molar-refractivity contribution is -0.145. The maximum atomic E-state index is 12.9. The Morgan fingerprint density at radius 3 is 2.32 bits per heavy atom. The van der Waals surface area contributed by atoms with Gasteiger partial charge in [0.25, 0.3) is 5.91 Å². The second-order valence-corrected chi connectivity index (χ2v) is 7.08. The molecular formula is C21H33NO3. The quantitative estimate of drug-likeness (QED) is 0.661. The highest BCUT2D eigenvalue weighted by molar-refractivity contribution is 5.97. The minimum absolute atomic E-state index is 0.00694. The summed E-state index contributed by atoms with van der Waals surface area (Å²) in [7, 11) is 0. The monoisotopic (exact) mass is 347 g/mol. The van der Waals surface area contributed by atoms with Crippen molar-refractivity contribution >= 4 is 11.6 Å². The summed E-state index contributed by atoms with van der Waals surface area (Å²) in [5.41, 5.74) is 2.28. The molecule has 0 heterocycles. The zero-order valence-electron chi connectivity index (χ0n) is 16.2. The molecule has 1 aromatic carbocycles. The number of anilines is 1. The van der Waals surface area contributed by atoms with Crippen LogP contribution in [0.2, 0.25) is 0 Å². The fourth-order valence-electron chi connectivity index (χ4n) is 3.65. The molecule has 1 aromatic rings. The van der Waals surface area contributed by atoms with Gasteiger partial charge >= 0.3 is 0 Å². The van der Waals surface area contributed by atoms with Gasteiger partial charge in [-0.05, 0) is 63.3 Å². The molecule has 0 saturated heterocycles. The smallest absolute Gasteiger partial charge is 0.256 e. The van der Waals surface area contributed by atoms with E-state index in [1.807, 2.05) is 32.9 Å². The summed E-state index contributed by atoms with van der Waals surface area (Å²) in [4.78, 5) is 12.9. The van der Waals surface area contributed by atoms with Crippen molar-refractivity contribution < 1.29 is 14.3 Å². The average Bonchev–Trinajstić information content (AvgIpc) is 2.58. The van der Waals surface area contributed by atoms with Gasteiger partial charge in [-0.15, -0.1) is 0 Å². The third kappa shape index (κ3) is 4.97.